The molecule has 160 valence electrons. The Morgan fingerprint density at radius 2 is 1.93 bits per heavy atom. The number of benzene rings is 1. The van der Waals surface area contributed by atoms with Crippen molar-refractivity contribution < 1.29 is 13.9 Å². The van der Waals surface area contributed by atoms with Gasteiger partial charge < -0.3 is 24.5 Å². The number of nitrogens with one attached hydrogen (secondary N) is 2. The number of aryl methyl sites for hydroxylation is 2. The number of halogens is 1. The van der Waals surface area contributed by atoms with Crippen molar-refractivity contribution in [2.45, 2.75) is 58.7 Å². The molecule has 0 atom stereocenters. The van der Waals surface area contributed by atoms with Crippen LogP contribution in [0.25, 0.3) is 0 Å². The normalized spacial score (nSPS) is 14.4. The molecule has 1 aromatic carbocycles. The maximum absolute atomic E-state index is 6.25. The van der Waals surface area contributed by atoms with E-state index in [0.717, 1.165) is 41.4 Å². The Morgan fingerprint density at radius 1 is 1.21 bits per heavy atom. The number of rotatable bonds is 7. The number of aliphatic imine (C=N–C) groups is 1. The van der Waals surface area contributed by atoms with Crippen LogP contribution in [0.4, 0.5) is 0 Å². The molecule has 0 amide bonds. The molecule has 0 unspecified atom stereocenters. The Balaban J connectivity index is 0.00000300. The summed E-state index contributed by atoms with van der Waals surface area (Å²) in [4.78, 5) is 8.65. The highest BCUT2D eigenvalue weighted by molar-refractivity contribution is 14.0. The molecule has 0 saturated heterocycles. The van der Waals surface area contributed by atoms with Gasteiger partial charge in [0.1, 0.15) is 17.3 Å². The van der Waals surface area contributed by atoms with Crippen LogP contribution >= 0.6 is 24.0 Å². The topological polar surface area (TPSA) is 80.9 Å². The monoisotopic (exact) mass is 514 g/mol. The van der Waals surface area contributed by atoms with Crippen LogP contribution in [-0.4, -0.2) is 31.2 Å². The van der Waals surface area contributed by atoms with E-state index in [2.05, 4.69) is 20.6 Å². The number of hydrogen-bond donors (Lipinski definition) is 2. The summed E-state index contributed by atoms with van der Waals surface area (Å²) in [5.74, 6) is 3.83. The van der Waals surface area contributed by atoms with Crippen molar-refractivity contribution in [1.82, 2.24) is 15.6 Å². The molecule has 0 bridgehead atoms. The molecule has 1 saturated carbocycles. The highest BCUT2D eigenvalue weighted by atomic mass is 127. The van der Waals surface area contributed by atoms with Gasteiger partial charge in [-0.2, -0.15) is 0 Å². The van der Waals surface area contributed by atoms with Gasteiger partial charge in [0.25, 0.3) is 0 Å². The molecule has 2 aromatic rings. The van der Waals surface area contributed by atoms with Crippen molar-refractivity contribution >= 4 is 29.9 Å². The first-order chi connectivity index (χ1) is 13.6. The van der Waals surface area contributed by atoms with Crippen molar-refractivity contribution in [1.29, 1.82) is 0 Å². The molecule has 2 N–H and O–H groups in total. The summed E-state index contributed by atoms with van der Waals surface area (Å²) in [7, 11) is 3.41. The van der Waals surface area contributed by atoms with Crippen molar-refractivity contribution in [2.24, 2.45) is 4.99 Å². The third-order valence-corrected chi connectivity index (χ3v) is 5.02. The number of hydrogen-bond acceptors (Lipinski definition) is 5. The summed E-state index contributed by atoms with van der Waals surface area (Å²) in [6.45, 7) is 4.91. The minimum absolute atomic E-state index is 0. The third-order valence-electron chi connectivity index (χ3n) is 5.02. The lowest BCUT2D eigenvalue weighted by Crippen LogP contribution is -2.36. The Bertz CT molecular complexity index is 797. The lowest BCUT2D eigenvalue weighted by Gasteiger charge is -2.18. The van der Waals surface area contributed by atoms with Gasteiger partial charge in [-0.25, -0.2) is 4.98 Å². The average molecular weight is 514 g/mol. The summed E-state index contributed by atoms with van der Waals surface area (Å²) in [6, 6.07) is 5.95. The van der Waals surface area contributed by atoms with Gasteiger partial charge in [-0.05, 0) is 51.7 Å². The molecule has 8 heteroatoms. The van der Waals surface area contributed by atoms with E-state index in [4.69, 9.17) is 13.9 Å². The van der Waals surface area contributed by atoms with Gasteiger partial charge in [-0.3, -0.25) is 4.99 Å². The minimum Gasteiger partial charge on any atom is -0.497 e. The van der Waals surface area contributed by atoms with Crippen LogP contribution in [0.1, 0.15) is 48.6 Å². The summed E-state index contributed by atoms with van der Waals surface area (Å²) in [5, 5.41) is 6.56. The Labute approximate surface area is 189 Å². The van der Waals surface area contributed by atoms with Crippen LogP contribution in [0.2, 0.25) is 0 Å². The fraction of sp³-hybridized carbons (Fsp3) is 0.524. The van der Waals surface area contributed by atoms with E-state index in [1.807, 2.05) is 32.0 Å². The van der Waals surface area contributed by atoms with Gasteiger partial charge in [0.05, 0.1) is 25.5 Å². The summed E-state index contributed by atoms with van der Waals surface area (Å²) in [5.41, 5.74) is 1.98. The van der Waals surface area contributed by atoms with E-state index in [1.165, 1.54) is 12.8 Å². The first-order valence-electron chi connectivity index (χ1n) is 9.80. The Kier molecular flexibility index (Phi) is 9.06. The maximum Gasteiger partial charge on any atom is 0.214 e. The molecule has 1 heterocycles. The van der Waals surface area contributed by atoms with Gasteiger partial charge >= 0.3 is 0 Å². The van der Waals surface area contributed by atoms with Crippen molar-refractivity contribution in [3.63, 3.8) is 0 Å². The van der Waals surface area contributed by atoms with Gasteiger partial charge in [0, 0.05) is 25.2 Å². The third kappa shape index (κ3) is 6.52. The van der Waals surface area contributed by atoms with Crippen molar-refractivity contribution in [3.05, 3.63) is 41.1 Å². The van der Waals surface area contributed by atoms with E-state index < -0.39 is 0 Å². The molecule has 0 spiro atoms. The molecule has 1 aliphatic rings. The molecule has 1 aromatic heterocycles. The van der Waals surface area contributed by atoms with Crippen LogP contribution in [0.5, 0.6) is 11.5 Å². The zero-order chi connectivity index (χ0) is 19.9. The molecule has 29 heavy (non-hydrogen) atoms. The standard InChI is InChI=1S/C21H30N4O3.HI/c1-14-15(2)27-20(25-14)13-24-21(22-3)23-12-16-9-10-18(26-4)11-19(16)28-17-7-5-6-8-17;/h9-11,17H,5-8,12-13H2,1-4H3,(H2,22,23,24);1H. The number of methoxy groups -OCH3 is 1. The Morgan fingerprint density at radius 3 is 2.55 bits per heavy atom. The van der Waals surface area contributed by atoms with Gasteiger partial charge in [-0.1, -0.05) is 0 Å². The fourth-order valence-corrected chi connectivity index (χ4v) is 3.28. The smallest absolute Gasteiger partial charge is 0.214 e. The second-order valence-corrected chi connectivity index (χ2v) is 7.03. The maximum atomic E-state index is 6.25. The summed E-state index contributed by atoms with van der Waals surface area (Å²) in [6.07, 6.45) is 4.99. The zero-order valence-electron chi connectivity index (χ0n) is 17.6. The minimum atomic E-state index is 0. The summed E-state index contributed by atoms with van der Waals surface area (Å²) < 4.78 is 17.2. The van der Waals surface area contributed by atoms with Crippen molar-refractivity contribution in [2.75, 3.05) is 14.2 Å². The number of ether oxygens (including phenoxy) is 2. The second kappa shape index (κ2) is 11.3. The molecular weight excluding hydrogens is 483 g/mol. The van der Waals surface area contributed by atoms with Crippen LogP contribution in [0.15, 0.2) is 27.6 Å². The molecular formula is C21H31IN4O3. The fourth-order valence-electron chi connectivity index (χ4n) is 3.28. The summed E-state index contributed by atoms with van der Waals surface area (Å²) >= 11 is 0. The quantitative estimate of drug-likeness (QED) is 0.329. The van der Waals surface area contributed by atoms with Gasteiger partial charge in [0.2, 0.25) is 5.89 Å². The predicted octanol–water partition coefficient (Wildman–Crippen LogP) is 4.10. The van der Waals surface area contributed by atoms with E-state index >= 15 is 0 Å². The number of nitrogens with zero attached hydrogens (tertiary/aromatic N) is 2. The van der Waals surface area contributed by atoms with E-state index in [1.54, 1.807) is 14.2 Å². The average Bonchev–Trinajstić information content (AvgIpc) is 3.32. The molecule has 7 nitrogen and oxygen atoms in total. The molecule has 3 rings (SSSR count). The lowest BCUT2D eigenvalue weighted by atomic mass is 10.2. The number of aromatic nitrogens is 1. The van der Waals surface area contributed by atoms with Crippen LogP contribution < -0.4 is 20.1 Å². The van der Waals surface area contributed by atoms with Crippen LogP contribution in [-0.2, 0) is 13.1 Å². The molecule has 0 radical (unpaired) electrons. The first kappa shape index (κ1) is 23.3. The number of oxazole rings is 1. The van der Waals surface area contributed by atoms with Crippen LogP contribution in [0.3, 0.4) is 0 Å². The van der Waals surface area contributed by atoms with Gasteiger partial charge in [-0.15, -0.1) is 24.0 Å². The zero-order valence-corrected chi connectivity index (χ0v) is 19.9. The van der Waals surface area contributed by atoms with E-state index in [0.29, 0.717) is 31.0 Å². The van der Waals surface area contributed by atoms with Crippen molar-refractivity contribution in [3.8, 4) is 11.5 Å². The molecule has 1 aliphatic carbocycles. The molecule has 1 fully saturated rings. The lowest BCUT2D eigenvalue weighted by molar-refractivity contribution is 0.207. The van der Waals surface area contributed by atoms with E-state index in [-0.39, 0.29) is 24.0 Å². The van der Waals surface area contributed by atoms with Crippen LogP contribution in [0, 0.1) is 13.8 Å². The highest BCUT2D eigenvalue weighted by Gasteiger charge is 2.18. The van der Waals surface area contributed by atoms with Gasteiger partial charge in [0.15, 0.2) is 5.96 Å². The largest absolute Gasteiger partial charge is 0.497 e. The second-order valence-electron chi connectivity index (χ2n) is 7.03. The number of guanidine groups is 1. The highest BCUT2D eigenvalue weighted by Crippen LogP contribution is 2.30. The SMILES string of the molecule is CN=C(NCc1nc(C)c(C)o1)NCc1ccc(OC)cc1OC1CCCC1.I. The van der Waals surface area contributed by atoms with E-state index in [9.17, 15) is 0 Å². The Hall–Kier alpha value is -1.97. The molecule has 0 aliphatic heterocycles. The first-order valence-corrected chi connectivity index (χ1v) is 9.80. The predicted molar refractivity (Wildman–Crippen MR) is 124 cm³/mol.